The topological polar surface area (TPSA) is 37.0 Å². The fourth-order valence-electron chi connectivity index (χ4n) is 2.48. The van der Waals surface area contributed by atoms with Crippen molar-refractivity contribution < 1.29 is 0 Å². The lowest BCUT2D eigenvalue weighted by Crippen LogP contribution is -2.33. The molecule has 0 bridgehead atoms. The molecule has 3 aromatic rings. The van der Waals surface area contributed by atoms with Gasteiger partial charge in [-0.2, -0.15) is 0 Å². The van der Waals surface area contributed by atoms with E-state index in [0.29, 0.717) is 5.11 Å². The van der Waals surface area contributed by atoms with Crippen molar-refractivity contribution in [1.29, 1.82) is 0 Å². The van der Waals surface area contributed by atoms with Gasteiger partial charge in [-0.25, -0.2) is 4.98 Å². The Kier molecular flexibility index (Phi) is 5.18. The Hall–Kier alpha value is -2.72. The van der Waals surface area contributed by atoms with Crippen LogP contribution in [0.1, 0.15) is 22.7 Å². The number of aromatic nitrogens is 1. The van der Waals surface area contributed by atoms with E-state index in [9.17, 15) is 0 Å². The first-order valence-electron chi connectivity index (χ1n) is 7.82. The molecule has 2 aromatic carbocycles. The van der Waals surface area contributed by atoms with Gasteiger partial charge in [0.25, 0.3) is 0 Å². The summed E-state index contributed by atoms with van der Waals surface area (Å²) in [4.78, 5) is 4.33. The molecule has 0 amide bonds. The Morgan fingerprint density at radius 1 is 0.875 bits per heavy atom. The summed E-state index contributed by atoms with van der Waals surface area (Å²) in [5.41, 5.74) is 3.43. The quantitative estimate of drug-likeness (QED) is 0.691. The van der Waals surface area contributed by atoms with Crippen LogP contribution in [0.25, 0.3) is 0 Å². The van der Waals surface area contributed by atoms with E-state index in [1.807, 2.05) is 61.7 Å². The molecule has 120 valence electrons. The number of nitrogens with one attached hydrogen (secondary N) is 2. The Morgan fingerprint density at radius 2 is 1.46 bits per heavy atom. The van der Waals surface area contributed by atoms with E-state index in [1.54, 1.807) is 0 Å². The molecule has 24 heavy (non-hydrogen) atoms. The van der Waals surface area contributed by atoms with Crippen LogP contribution in [-0.2, 0) is 0 Å². The van der Waals surface area contributed by atoms with Crippen molar-refractivity contribution in [1.82, 2.24) is 10.3 Å². The van der Waals surface area contributed by atoms with Crippen LogP contribution in [0.5, 0.6) is 0 Å². The summed E-state index contributed by atoms with van der Waals surface area (Å²) in [5.74, 6) is 0.734. The lowest BCUT2D eigenvalue weighted by Gasteiger charge is -2.21. The SMILES string of the molecule is Cc1ccc(NC(=S)NC(c2ccccc2)c2ccccc2)nc1. The average Bonchev–Trinajstić information content (AvgIpc) is 2.63. The highest BCUT2D eigenvalue weighted by Crippen LogP contribution is 2.21. The van der Waals surface area contributed by atoms with Gasteiger partial charge < -0.3 is 10.6 Å². The monoisotopic (exact) mass is 333 g/mol. The number of pyridine rings is 1. The molecule has 0 atom stereocenters. The van der Waals surface area contributed by atoms with Crippen LogP contribution in [0.3, 0.4) is 0 Å². The number of rotatable bonds is 4. The number of hydrogen-bond acceptors (Lipinski definition) is 2. The van der Waals surface area contributed by atoms with Gasteiger partial charge in [0.05, 0.1) is 6.04 Å². The van der Waals surface area contributed by atoms with Crippen LogP contribution >= 0.6 is 12.2 Å². The minimum Gasteiger partial charge on any atom is -0.351 e. The molecule has 0 saturated carbocycles. The maximum absolute atomic E-state index is 5.48. The molecule has 1 aromatic heterocycles. The molecule has 4 heteroatoms. The summed E-state index contributed by atoms with van der Waals surface area (Å²) in [6.45, 7) is 2.01. The molecular weight excluding hydrogens is 314 g/mol. The zero-order valence-electron chi connectivity index (χ0n) is 13.4. The molecule has 3 rings (SSSR count). The van der Waals surface area contributed by atoms with Gasteiger partial charge in [0.2, 0.25) is 0 Å². The smallest absolute Gasteiger partial charge is 0.172 e. The van der Waals surface area contributed by atoms with E-state index in [-0.39, 0.29) is 6.04 Å². The summed E-state index contributed by atoms with van der Waals surface area (Å²) in [6.07, 6.45) is 1.82. The van der Waals surface area contributed by atoms with Gasteiger partial charge in [-0.3, -0.25) is 0 Å². The number of anilines is 1. The fourth-order valence-corrected chi connectivity index (χ4v) is 2.70. The highest BCUT2D eigenvalue weighted by atomic mass is 32.1. The Labute approximate surface area is 147 Å². The normalized spacial score (nSPS) is 10.4. The van der Waals surface area contributed by atoms with Crippen molar-refractivity contribution >= 4 is 23.1 Å². The van der Waals surface area contributed by atoms with Crippen molar-refractivity contribution in [2.45, 2.75) is 13.0 Å². The third kappa shape index (κ3) is 4.18. The molecular formula is C20H19N3S. The largest absolute Gasteiger partial charge is 0.351 e. The van der Waals surface area contributed by atoms with Gasteiger partial charge in [0.15, 0.2) is 5.11 Å². The fraction of sp³-hybridized carbons (Fsp3) is 0.100. The van der Waals surface area contributed by atoms with E-state index >= 15 is 0 Å². The molecule has 0 unspecified atom stereocenters. The third-order valence-electron chi connectivity index (χ3n) is 3.69. The van der Waals surface area contributed by atoms with Gasteiger partial charge in [0.1, 0.15) is 5.82 Å². The summed E-state index contributed by atoms with van der Waals surface area (Å²) in [5, 5.41) is 7.09. The molecule has 0 radical (unpaired) electrons. The molecule has 0 saturated heterocycles. The van der Waals surface area contributed by atoms with Crippen molar-refractivity contribution in [2.24, 2.45) is 0 Å². The first-order valence-corrected chi connectivity index (χ1v) is 8.23. The Bertz CT molecular complexity index is 747. The standard InChI is InChI=1S/C20H19N3S/c1-15-12-13-18(21-14-15)22-20(24)23-19(16-8-4-2-5-9-16)17-10-6-3-7-11-17/h2-14,19H,1H3,(H2,21,22,23,24). The lowest BCUT2D eigenvalue weighted by atomic mass is 9.99. The number of hydrogen-bond donors (Lipinski definition) is 2. The minimum absolute atomic E-state index is 0.0159. The second-order valence-electron chi connectivity index (χ2n) is 5.57. The van der Waals surface area contributed by atoms with Gasteiger partial charge in [-0.05, 0) is 41.9 Å². The van der Waals surface area contributed by atoms with Gasteiger partial charge >= 0.3 is 0 Å². The van der Waals surface area contributed by atoms with Crippen LogP contribution in [0.2, 0.25) is 0 Å². The van der Waals surface area contributed by atoms with Gasteiger partial charge in [-0.1, -0.05) is 66.7 Å². The summed E-state index contributed by atoms with van der Waals surface area (Å²) in [6, 6.07) is 24.4. The predicted molar refractivity (Wildman–Crippen MR) is 103 cm³/mol. The molecule has 3 nitrogen and oxygen atoms in total. The maximum atomic E-state index is 5.48. The number of benzene rings is 2. The molecule has 0 aliphatic carbocycles. The molecule has 0 spiro atoms. The molecule has 0 aliphatic heterocycles. The van der Waals surface area contributed by atoms with Crippen molar-refractivity contribution in [3.8, 4) is 0 Å². The Balaban J connectivity index is 1.79. The number of nitrogens with zero attached hydrogens (tertiary/aromatic N) is 1. The van der Waals surface area contributed by atoms with Crippen LogP contribution < -0.4 is 10.6 Å². The van der Waals surface area contributed by atoms with Crippen molar-refractivity contribution in [2.75, 3.05) is 5.32 Å². The average molecular weight is 333 g/mol. The molecule has 2 N–H and O–H groups in total. The summed E-state index contributed by atoms with van der Waals surface area (Å²) < 4.78 is 0. The number of aryl methyl sites for hydroxylation is 1. The summed E-state index contributed by atoms with van der Waals surface area (Å²) >= 11 is 5.48. The second-order valence-corrected chi connectivity index (χ2v) is 5.98. The van der Waals surface area contributed by atoms with E-state index in [4.69, 9.17) is 12.2 Å². The first-order chi connectivity index (χ1) is 11.7. The van der Waals surface area contributed by atoms with Crippen LogP contribution in [0.15, 0.2) is 79.0 Å². The molecule has 0 fully saturated rings. The predicted octanol–water partition coefficient (Wildman–Crippen LogP) is 4.47. The summed E-state index contributed by atoms with van der Waals surface area (Å²) in [7, 11) is 0. The van der Waals surface area contributed by atoms with E-state index in [0.717, 1.165) is 22.5 Å². The maximum Gasteiger partial charge on any atom is 0.172 e. The van der Waals surface area contributed by atoms with E-state index in [2.05, 4.69) is 39.9 Å². The Morgan fingerprint density at radius 3 is 1.96 bits per heavy atom. The molecule has 0 aliphatic rings. The first kappa shape index (κ1) is 16.1. The van der Waals surface area contributed by atoms with Crippen LogP contribution in [-0.4, -0.2) is 10.1 Å². The van der Waals surface area contributed by atoms with E-state index < -0.39 is 0 Å². The molecule has 1 heterocycles. The zero-order valence-corrected chi connectivity index (χ0v) is 14.3. The van der Waals surface area contributed by atoms with Crippen LogP contribution in [0.4, 0.5) is 5.82 Å². The lowest BCUT2D eigenvalue weighted by molar-refractivity contribution is 0.768. The van der Waals surface area contributed by atoms with Gasteiger partial charge in [-0.15, -0.1) is 0 Å². The van der Waals surface area contributed by atoms with Gasteiger partial charge in [0, 0.05) is 6.20 Å². The minimum atomic E-state index is -0.0159. The van der Waals surface area contributed by atoms with Crippen molar-refractivity contribution in [3.63, 3.8) is 0 Å². The second kappa shape index (κ2) is 7.70. The highest BCUT2D eigenvalue weighted by Gasteiger charge is 2.14. The number of thiocarbonyl (C=S) groups is 1. The van der Waals surface area contributed by atoms with Crippen molar-refractivity contribution in [3.05, 3.63) is 95.7 Å². The van der Waals surface area contributed by atoms with Crippen LogP contribution in [0, 0.1) is 6.92 Å². The third-order valence-corrected chi connectivity index (χ3v) is 3.91. The van der Waals surface area contributed by atoms with E-state index in [1.165, 1.54) is 0 Å². The zero-order chi connectivity index (χ0) is 16.8. The highest BCUT2D eigenvalue weighted by molar-refractivity contribution is 7.80.